The lowest BCUT2D eigenvalue weighted by atomic mass is 10.3. The van der Waals surface area contributed by atoms with Gasteiger partial charge in [-0.3, -0.25) is 14.4 Å². The molecule has 0 aromatic carbocycles. The van der Waals surface area contributed by atoms with Crippen LogP contribution < -0.4 is 0 Å². The Morgan fingerprint density at radius 2 is 1.53 bits per heavy atom. The number of aliphatic carboxylic acids is 1. The molecule has 0 saturated heterocycles. The van der Waals surface area contributed by atoms with Crippen molar-refractivity contribution in [3.05, 3.63) is 25.7 Å². The van der Waals surface area contributed by atoms with Gasteiger partial charge in [-0.2, -0.15) is 0 Å². The van der Waals surface area contributed by atoms with Crippen molar-refractivity contribution in [1.29, 1.82) is 0 Å². The average molecular weight is 274 g/mol. The summed E-state index contributed by atoms with van der Waals surface area (Å²) in [6.45, 7) is 11.2. The van der Waals surface area contributed by atoms with E-state index in [-0.39, 0.29) is 18.4 Å². The average Bonchev–Trinajstić information content (AvgIpc) is 2.31. The van der Waals surface area contributed by atoms with Crippen LogP contribution in [0.4, 0.5) is 0 Å². The molecule has 0 atom stereocenters. The van der Waals surface area contributed by atoms with Gasteiger partial charge in [-0.25, -0.2) is 0 Å². The minimum atomic E-state index is -0.745. The standard InChI is InChI=1S/C6H10O2.C4H6O2.C3H6O2/c1-3-5-6(7)8-4-2;1-3-6-4(2)5;1-2-3(4)5/h4H,2-3,5H2,1H3;3H,1H2,2H3;2H2,1H3,(H,4,5). The molecule has 6 heteroatoms. The number of esters is 2. The molecule has 0 bridgehead atoms. The van der Waals surface area contributed by atoms with Crippen molar-refractivity contribution < 1.29 is 29.0 Å². The molecule has 0 aliphatic rings. The monoisotopic (exact) mass is 274 g/mol. The second-order valence-electron chi connectivity index (χ2n) is 2.93. The van der Waals surface area contributed by atoms with Crippen LogP contribution in [0.2, 0.25) is 0 Å². The van der Waals surface area contributed by atoms with E-state index in [9.17, 15) is 14.4 Å². The Morgan fingerprint density at radius 1 is 1.11 bits per heavy atom. The molecule has 0 amide bonds. The fourth-order valence-corrected chi connectivity index (χ4v) is 0.473. The number of carboxylic acids is 1. The Balaban J connectivity index is -0.000000209. The van der Waals surface area contributed by atoms with E-state index in [1.54, 1.807) is 6.92 Å². The van der Waals surface area contributed by atoms with Gasteiger partial charge in [0.05, 0.1) is 12.5 Å². The molecule has 0 fully saturated rings. The summed E-state index contributed by atoms with van der Waals surface area (Å²) in [6.07, 6.45) is 3.78. The second-order valence-corrected chi connectivity index (χ2v) is 2.93. The van der Waals surface area contributed by atoms with Crippen LogP contribution in [-0.2, 0) is 23.9 Å². The van der Waals surface area contributed by atoms with Gasteiger partial charge in [-0.05, 0) is 6.42 Å². The van der Waals surface area contributed by atoms with E-state index in [1.807, 2.05) is 6.92 Å². The Bertz CT molecular complexity index is 283. The van der Waals surface area contributed by atoms with Gasteiger partial charge in [-0.1, -0.05) is 27.0 Å². The first-order valence-electron chi connectivity index (χ1n) is 5.65. The van der Waals surface area contributed by atoms with E-state index in [0.717, 1.165) is 18.9 Å². The number of hydrogen-bond donors (Lipinski definition) is 1. The lowest BCUT2D eigenvalue weighted by molar-refractivity contribution is -0.138. The third kappa shape index (κ3) is 38.8. The molecule has 0 rings (SSSR count). The lowest BCUT2D eigenvalue weighted by Crippen LogP contribution is -1.96. The van der Waals surface area contributed by atoms with Crippen LogP contribution in [0.25, 0.3) is 0 Å². The number of hydrogen-bond acceptors (Lipinski definition) is 5. The maximum Gasteiger partial charge on any atom is 0.310 e. The SMILES string of the molecule is C=COC(=O)CCC.C=COC(C)=O.CCC(=O)O. The van der Waals surface area contributed by atoms with Crippen molar-refractivity contribution in [2.45, 2.75) is 40.0 Å². The summed E-state index contributed by atoms with van der Waals surface area (Å²) in [6, 6.07) is 0. The summed E-state index contributed by atoms with van der Waals surface area (Å²) in [7, 11) is 0. The van der Waals surface area contributed by atoms with Crippen LogP contribution in [-0.4, -0.2) is 23.0 Å². The van der Waals surface area contributed by atoms with Gasteiger partial charge in [0.15, 0.2) is 0 Å². The molecule has 0 unspecified atom stereocenters. The molecule has 0 aromatic rings. The highest BCUT2D eigenvalue weighted by molar-refractivity contribution is 5.69. The minimum Gasteiger partial charge on any atom is -0.481 e. The summed E-state index contributed by atoms with van der Waals surface area (Å²) in [5, 5.41) is 7.72. The van der Waals surface area contributed by atoms with Gasteiger partial charge in [0.25, 0.3) is 0 Å². The van der Waals surface area contributed by atoms with Crippen LogP contribution in [0.5, 0.6) is 0 Å². The molecular formula is C13H22O6. The van der Waals surface area contributed by atoms with Crippen molar-refractivity contribution in [2.24, 2.45) is 0 Å². The third-order valence-electron chi connectivity index (χ3n) is 1.22. The van der Waals surface area contributed by atoms with Crippen molar-refractivity contribution in [1.82, 2.24) is 0 Å². The Morgan fingerprint density at radius 3 is 1.68 bits per heavy atom. The Kier molecular flexibility index (Phi) is 21.2. The zero-order chi connectivity index (χ0) is 15.7. The number of carbonyl (C=O) groups excluding carboxylic acids is 2. The minimum absolute atomic E-state index is 0.206. The van der Waals surface area contributed by atoms with Gasteiger partial charge >= 0.3 is 17.9 Å². The largest absolute Gasteiger partial charge is 0.481 e. The summed E-state index contributed by atoms with van der Waals surface area (Å²) < 4.78 is 8.57. The van der Waals surface area contributed by atoms with E-state index >= 15 is 0 Å². The zero-order valence-electron chi connectivity index (χ0n) is 11.7. The number of carboxylic acid groups (broad SMARTS) is 1. The topological polar surface area (TPSA) is 89.9 Å². The molecular weight excluding hydrogens is 252 g/mol. The van der Waals surface area contributed by atoms with E-state index in [2.05, 4.69) is 22.6 Å². The van der Waals surface area contributed by atoms with Gasteiger partial charge < -0.3 is 14.6 Å². The fraction of sp³-hybridized carbons (Fsp3) is 0.462. The molecule has 0 aliphatic carbocycles. The van der Waals surface area contributed by atoms with Gasteiger partial charge in [0.1, 0.15) is 0 Å². The second kappa shape index (κ2) is 18.3. The van der Waals surface area contributed by atoms with Crippen molar-refractivity contribution in [2.75, 3.05) is 0 Å². The first-order valence-corrected chi connectivity index (χ1v) is 5.65. The summed E-state index contributed by atoms with van der Waals surface area (Å²) >= 11 is 0. The van der Waals surface area contributed by atoms with Gasteiger partial charge in [0.2, 0.25) is 0 Å². The maximum atomic E-state index is 10.3. The van der Waals surface area contributed by atoms with Crippen LogP contribution in [0, 0.1) is 0 Å². The quantitative estimate of drug-likeness (QED) is 0.612. The van der Waals surface area contributed by atoms with Crippen molar-refractivity contribution >= 4 is 17.9 Å². The third-order valence-corrected chi connectivity index (χ3v) is 1.22. The van der Waals surface area contributed by atoms with Crippen molar-refractivity contribution in [3.8, 4) is 0 Å². The summed E-state index contributed by atoms with van der Waals surface area (Å²) in [4.78, 5) is 29.5. The molecule has 1 N–H and O–H groups in total. The molecule has 6 nitrogen and oxygen atoms in total. The highest BCUT2D eigenvalue weighted by atomic mass is 16.5. The summed E-state index contributed by atoms with van der Waals surface area (Å²) in [5.41, 5.74) is 0. The molecule has 0 heterocycles. The molecule has 110 valence electrons. The highest BCUT2D eigenvalue weighted by Crippen LogP contribution is 1.89. The maximum absolute atomic E-state index is 10.3. The van der Waals surface area contributed by atoms with E-state index < -0.39 is 5.97 Å². The van der Waals surface area contributed by atoms with E-state index in [0.29, 0.717) is 6.42 Å². The number of carbonyl (C=O) groups is 3. The number of ether oxygens (including phenoxy) is 2. The lowest BCUT2D eigenvalue weighted by Gasteiger charge is -1.92. The van der Waals surface area contributed by atoms with Crippen LogP contribution in [0.1, 0.15) is 40.0 Å². The summed E-state index contributed by atoms with van der Waals surface area (Å²) in [5.74, 6) is -1.28. The first kappa shape index (κ1) is 22.1. The van der Waals surface area contributed by atoms with Crippen LogP contribution >= 0.6 is 0 Å². The van der Waals surface area contributed by atoms with E-state index in [1.165, 1.54) is 6.92 Å². The highest BCUT2D eigenvalue weighted by Gasteiger charge is 1.94. The molecule has 19 heavy (non-hydrogen) atoms. The fourth-order valence-electron chi connectivity index (χ4n) is 0.473. The molecule has 0 radical (unpaired) electrons. The molecule has 0 aliphatic heterocycles. The zero-order valence-corrected chi connectivity index (χ0v) is 11.7. The predicted octanol–water partition coefficient (Wildman–Crippen LogP) is 2.65. The molecule has 0 saturated carbocycles. The van der Waals surface area contributed by atoms with E-state index in [4.69, 9.17) is 5.11 Å². The van der Waals surface area contributed by atoms with Gasteiger partial charge in [0, 0.05) is 19.8 Å². The Labute approximate surface area is 113 Å². The molecule has 0 spiro atoms. The normalized spacial score (nSPS) is 7.53. The first-order chi connectivity index (χ1) is 8.85. The van der Waals surface area contributed by atoms with Crippen LogP contribution in [0.15, 0.2) is 25.7 Å². The number of rotatable bonds is 5. The van der Waals surface area contributed by atoms with Gasteiger partial charge in [-0.15, -0.1) is 0 Å². The van der Waals surface area contributed by atoms with Crippen molar-refractivity contribution in [3.63, 3.8) is 0 Å². The van der Waals surface area contributed by atoms with Crippen LogP contribution in [0.3, 0.4) is 0 Å². The molecule has 0 aromatic heterocycles. The Hall–Kier alpha value is -2.11. The predicted molar refractivity (Wildman–Crippen MR) is 71.1 cm³/mol. The smallest absolute Gasteiger partial charge is 0.310 e.